The van der Waals surface area contributed by atoms with Gasteiger partial charge in [0, 0.05) is 38.4 Å². The number of hydrogen-bond donors (Lipinski definition) is 0. The van der Waals surface area contributed by atoms with E-state index in [1.165, 1.54) is 40.6 Å². The van der Waals surface area contributed by atoms with Gasteiger partial charge in [0.15, 0.2) is 0 Å². The van der Waals surface area contributed by atoms with Crippen LogP contribution in [0.4, 0.5) is 8.78 Å². The molecule has 0 unspecified atom stereocenters. The van der Waals surface area contributed by atoms with Gasteiger partial charge in [-0.2, -0.15) is 0 Å². The van der Waals surface area contributed by atoms with Crippen molar-refractivity contribution in [2.24, 2.45) is 0 Å². The van der Waals surface area contributed by atoms with Crippen molar-refractivity contribution < 1.29 is 8.78 Å². The number of hydrogen-bond acceptors (Lipinski definition) is 2. The lowest BCUT2D eigenvalue weighted by Crippen LogP contribution is -2.04. The van der Waals surface area contributed by atoms with Gasteiger partial charge in [-0.05, 0) is 106 Å². The molecule has 0 bridgehead atoms. The maximum Gasteiger partial charge on any atom is 0.235 e. The molecule has 302 valence electrons. The quantitative estimate of drug-likeness (QED) is 0.160. The summed E-state index contributed by atoms with van der Waals surface area (Å²) in [6.45, 7) is 0. The molecule has 4 nitrogen and oxygen atoms in total. The maximum absolute atomic E-state index is 13.8. The molecule has 3 heterocycles. The van der Waals surface area contributed by atoms with E-state index in [2.05, 4.69) is 149 Å². The minimum atomic E-state index is -0.266. The summed E-state index contributed by atoms with van der Waals surface area (Å²) >= 11 is 0. The second-order valence-corrected chi connectivity index (χ2v) is 16.1. The third kappa shape index (κ3) is 6.43. The Bertz CT molecular complexity index is 3600. The average molecular weight is 827 g/mol. The summed E-state index contributed by atoms with van der Waals surface area (Å²) in [4.78, 5) is 10.7. The number of rotatable bonds is 7. The van der Waals surface area contributed by atoms with Gasteiger partial charge in [-0.1, -0.05) is 146 Å². The summed E-state index contributed by atoms with van der Waals surface area (Å²) in [5.74, 6) is 0.0116. The summed E-state index contributed by atoms with van der Waals surface area (Å²) in [6.07, 6.45) is 0. The zero-order chi connectivity index (χ0) is 42.7. The molecule has 0 atom stereocenters. The summed E-state index contributed by atoms with van der Waals surface area (Å²) < 4.78 is 32.1. The van der Waals surface area contributed by atoms with Crippen LogP contribution >= 0.6 is 0 Å². The van der Waals surface area contributed by atoms with Crippen molar-refractivity contribution in [1.29, 1.82) is 0 Å². The van der Waals surface area contributed by atoms with Crippen molar-refractivity contribution in [3.63, 3.8) is 0 Å². The van der Waals surface area contributed by atoms with E-state index in [0.717, 1.165) is 88.9 Å². The van der Waals surface area contributed by atoms with Crippen LogP contribution in [0.1, 0.15) is 0 Å². The Hall–Kier alpha value is -8.48. The van der Waals surface area contributed by atoms with Crippen LogP contribution in [0.2, 0.25) is 0 Å². The largest absolute Gasteiger partial charge is 0.309 e. The Kier molecular flexibility index (Phi) is 8.83. The van der Waals surface area contributed by atoms with Crippen LogP contribution in [0.5, 0.6) is 0 Å². The van der Waals surface area contributed by atoms with E-state index in [4.69, 9.17) is 9.97 Å². The Labute approximate surface area is 367 Å². The van der Waals surface area contributed by atoms with Gasteiger partial charge < -0.3 is 4.57 Å². The molecule has 0 fully saturated rings. The lowest BCUT2D eigenvalue weighted by molar-refractivity contribution is 0.627. The van der Waals surface area contributed by atoms with Crippen LogP contribution in [-0.4, -0.2) is 19.1 Å². The van der Waals surface area contributed by atoms with Crippen molar-refractivity contribution in [2.75, 3.05) is 0 Å². The second-order valence-electron chi connectivity index (χ2n) is 16.1. The van der Waals surface area contributed by atoms with Gasteiger partial charge >= 0.3 is 0 Å². The lowest BCUT2D eigenvalue weighted by Gasteiger charge is -2.13. The molecule has 12 rings (SSSR count). The number of fused-ring (bicyclic) bond motifs is 6. The average Bonchev–Trinajstić information content (AvgIpc) is 3.87. The highest BCUT2D eigenvalue weighted by molar-refractivity contribution is 6.12. The van der Waals surface area contributed by atoms with Crippen LogP contribution in [0.15, 0.2) is 218 Å². The highest BCUT2D eigenvalue weighted by atomic mass is 19.1. The fourth-order valence-electron chi connectivity index (χ4n) is 9.16. The first-order valence-electron chi connectivity index (χ1n) is 21.3. The molecule has 0 radical (unpaired) electrons. The fraction of sp³-hybridized carbons (Fsp3) is 0. The van der Waals surface area contributed by atoms with E-state index in [0.29, 0.717) is 5.95 Å². The van der Waals surface area contributed by atoms with E-state index in [1.807, 2.05) is 30.3 Å². The Balaban J connectivity index is 1.03. The van der Waals surface area contributed by atoms with Gasteiger partial charge in [-0.3, -0.25) is 4.57 Å². The van der Waals surface area contributed by atoms with E-state index in [1.54, 1.807) is 24.3 Å². The molecule has 12 aromatic rings. The van der Waals surface area contributed by atoms with Crippen molar-refractivity contribution in [2.45, 2.75) is 0 Å². The molecule has 0 N–H and O–H groups in total. The molecule has 0 aliphatic carbocycles. The summed E-state index contributed by atoms with van der Waals surface area (Å²) in [5, 5.41) is 4.60. The highest BCUT2D eigenvalue weighted by Gasteiger charge is 2.19. The van der Waals surface area contributed by atoms with Crippen LogP contribution in [-0.2, 0) is 0 Å². The Morgan fingerprint density at radius 3 is 1.27 bits per heavy atom. The van der Waals surface area contributed by atoms with Gasteiger partial charge in [0.05, 0.1) is 33.5 Å². The first kappa shape index (κ1) is 37.3. The van der Waals surface area contributed by atoms with Crippen LogP contribution < -0.4 is 0 Å². The fourth-order valence-corrected chi connectivity index (χ4v) is 9.16. The molecular formula is C58H36F2N4. The van der Waals surface area contributed by atoms with Crippen molar-refractivity contribution in [1.82, 2.24) is 19.1 Å². The molecule has 0 saturated heterocycles. The molecule has 0 aliphatic rings. The first-order chi connectivity index (χ1) is 31.5. The van der Waals surface area contributed by atoms with Crippen molar-refractivity contribution in [3.05, 3.63) is 230 Å². The number of para-hydroxylation sites is 3. The molecular weight excluding hydrogens is 791 g/mol. The second kappa shape index (κ2) is 15.2. The van der Waals surface area contributed by atoms with Gasteiger partial charge in [0.1, 0.15) is 11.6 Å². The topological polar surface area (TPSA) is 35.6 Å². The number of aromatic nitrogens is 4. The van der Waals surface area contributed by atoms with Gasteiger partial charge in [0.2, 0.25) is 5.95 Å². The minimum absolute atomic E-state index is 0.266. The van der Waals surface area contributed by atoms with Crippen molar-refractivity contribution >= 4 is 43.6 Å². The standard InChI is InChI=1S/C58H36F2N4/c59-45-28-22-39(23-29-45)37-14-18-41(19-15-37)52-36-53(42-20-16-38(17-21-42)40-24-30-46(60)31-25-40)62-58(61-52)64-55-13-7-4-10-48(55)50-32-26-44(35-57(50)64)43-27-33-56-51(34-43)49-11-5-6-12-54(49)63(56)47-8-2-1-3-9-47/h1-36H. The number of halogens is 2. The summed E-state index contributed by atoms with van der Waals surface area (Å²) in [6, 6.07) is 72.5. The Morgan fingerprint density at radius 1 is 0.281 bits per heavy atom. The minimum Gasteiger partial charge on any atom is -0.309 e. The lowest BCUT2D eigenvalue weighted by atomic mass is 10.0. The zero-order valence-electron chi connectivity index (χ0n) is 34.3. The monoisotopic (exact) mass is 826 g/mol. The molecule has 64 heavy (non-hydrogen) atoms. The van der Waals surface area contributed by atoms with Gasteiger partial charge in [-0.15, -0.1) is 0 Å². The molecule has 9 aromatic carbocycles. The number of nitrogens with zero attached hydrogens (tertiary/aromatic N) is 4. The summed E-state index contributed by atoms with van der Waals surface area (Å²) in [5.41, 5.74) is 14.8. The predicted molar refractivity (Wildman–Crippen MR) is 258 cm³/mol. The molecule has 0 amide bonds. The molecule has 3 aromatic heterocycles. The molecule has 0 saturated carbocycles. The third-order valence-corrected chi connectivity index (χ3v) is 12.3. The van der Waals surface area contributed by atoms with Gasteiger partial charge in [-0.25, -0.2) is 18.7 Å². The first-order valence-corrected chi connectivity index (χ1v) is 21.3. The summed E-state index contributed by atoms with van der Waals surface area (Å²) in [7, 11) is 0. The van der Waals surface area contributed by atoms with E-state index >= 15 is 0 Å². The zero-order valence-corrected chi connectivity index (χ0v) is 34.3. The molecule has 6 heteroatoms. The number of benzene rings is 9. The molecule has 0 aliphatic heterocycles. The van der Waals surface area contributed by atoms with Crippen LogP contribution in [0.25, 0.3) is 111 Å². The van der Waals surface area contributed by atoms with E-state index in [9.17, 15) is 8.78 Å². The maximum atomic E-state index is 13.8. The van der Waals surface area contributed by atoms with Crippen LogP contribution in [0, 0.1) is 11.6 Å². The van der Waals surface area contributed by atoms with E-state index in [-0.39, 0.29) is 11.6 Å². The van der Waals surface area contributed by atoms with Crippen LogP contribution in [0.3, 0.4) is 0 Å². The van der Waals surface area contributed by atoms with Crippen molar-refractivity contribution in [3.8, 4) is 67.5 Å². The SMILES string of the molecule is Fc1ccc(-c2ccc(-c3cc(-c4ccc(-c5ccc(F)cc5)cc4)nc(-n4c5ccccc5c5ccc(-c6ccc7c(c6)c6ccccc6n7-c6ccccc6)cc54)n3)cc2)cc1. The normalized spacial score (nSPS) is 11.6. The molecule has 0 spiro atoms. The third-order valence-electron chi connectivity index (χ3n) is 12.3. The highest BCUT2D eigenvalue weighted by Crippen LogP contribution is 2.39. The van der Waals surface area contributed by atoms with Gasteiger partial charge in [0.25, 0.3) is 0 Å². The predicted octanol–water partition coefficient (Wildman–Crippen LogP) is 15.3. The Morgan fingerprint density at radius 2 is 0.688 bits per heavy atom. The van der Waals surface area contributed by atoms with E-state index < -0.39 is 0 Å². The smallest absolute Gasteiger partial charge is 0.235 e.